The monoisotopic (exact) mass is 351 g/mol. The van der Waals surface area contributed by atoms with Gasteiger partial charge in [0, 0.05) is 12.2 Å². The zero-order valence-corrected chi connectivity index (χ0v) is 14.8. The highest BCUT2D eigenvalue weighted by Crippen LogP contribution is 2.16. The second kappa shape index (κ2) is 9.23. The summed E-state index contributed by atoms with van der Waals surface area (Å²) < 4.78 is 5.50. The molecule has 2 N–H and O–H groups in total. The van der Waals surface area contributed by atoms with Crippen molar-refractivity contribution in [2.45, 2.75) is 26.8 Å². The van der Waals surface area contributed by atoms with Crippen molar-refractivity contribution in [3.63, 3.8) is 0 Å². The molecule has 2 amide bonds. The molecule has 0 heterocycles. The summed E-state index contributed by atoms with van der Waals surface area (Å²) in [4.78, 5) is 23.2. The predicted molar refractivity (Wildman–Crippen MR) is 98.6 cm³/mol. The Bertz CT molecular complexity index is 823. The van der Waals surface area contributed by atoms with Crippen molar-refractivity contribution in [2.75, 3.05) is 11.9 Å². The van der Waals surface area contributed by atoms with Gasteiger partial charge in [-0.3, -0.25) is 9.59 Å². The van der Waals surface area contributed by atoms with Gasteiger partial charge in [-0.15, -0.1) is 0 Å². The number of hydrogen-bond donors (Lipinski definition) is 2. The van der Waals surface area contributed by atoms with E-state index in [1.807, 2.05) is 32.0 Å². The van der Waals surface area contributed by atoms with Crippen molar-refractivity contribution in [3.05, 3.63) is 59.2 Å². The number of carbonyl (C=O) groups excluding carboxylic acids is 2. The molecule has 2 rings (SSSR count). The standard InChI is InChI=1S/C20H21N3O3/c1-14-3-8-18(11-15(14)2)26-13-20(25)23-17-6-4-16(5-7-17)12-22-19(24)9-10-21/h3-8,11H,9,12-13H2,1-2H3,(H,22,24)(H,23,25). The van der Waals surface area contributed by atoms with Crippen LogP contribution in [-0.2, 0) is 16.1 Å². The van der Waals surface area contributed by atoms with E-state index in [0.717, 1.165) is 11.1 Å². The number of nitrogens with one attached hydrogen (secondary N) is 2. The van der Waals surface area contributed by atoms with E-state index in [4.69, 9.17) is 10.00 Å². The molecule has 0 aliphatic heterocycles. The lowest BCUT2D eigenvalue weighted by Gasteiger charge is -2.10. The van der Waals surface area contributed by atoms with Gasteiger partial charge >= 0.3 is 0 Å². The first kappa shape index (κ1) is 19.0. The third-order valence-corrected chi connectivity index (χ3v) is 3.82. The van der Waals surface area contributed by atoms with E-state index in [-0.39, 0.29) is 24.8 Å². The molecule has 0 unspecified atom stereocenters. The molecule has 26 heavy (non-hydrogen) atoms. The maximum Gasteiger partial charge on any atom is 0.262 e. The largest absolute Gasteiger partial charge is 0.484 e. The highest BCUT2D eigenvalue weighted by atomic mass is 16.5. The maximum atomic E-state index is 12.0. The first-order chi connectivity index (χ1) is 12.5. The predicted octanol–water partition coefficient (Wildman–Crippen LogP) is 2.85. The Morgan fingerprint density at radius 2 is 1.77 bits per heavy atom. The molecule has 2 aromatic carbocycles. The van der Waals surface area contributed by atoms with E-state index in [0.29, 0.717) is 18.0 Å². The highest BCUT2D eigenvalue weighted by Gasteiger charge is 2.05. The van der Waals surface area contributed by atoms with E-state index in [9.17, 15) is 9.59 Å². The van der Waals surface area contributed by atoms with Crippen LogP contribution in [0.25, 0.3) is 0 Å². The average molecular weight is 351 g/mol. The summed E-state index contributed by atoms with van der Waals surface area (Å²) in [5.41, 5.74) is 3.80. The van der Waals surface area contributed by atoms with Crippen LogP contribution in [0.5, 0.6) is 5.75 Å². The Labute approximate surface area is 152 Å². The number of nitrogens with zero attached hydrogens (tertiary/aromatic N) is 1. The number of rotatable bonds is 7. The van der Waals surface area contributed by atoms with Gasteiger partial charge in [0.15, 0.2) is 6.61 Å². The first-order valence-corrected chi connectivity index (χ1v) is 8.20. The molecule has 134 valence electrons. The minimum atomic E-state index is -0.312. The van der Waals surface area contributed by atoms with E-state index in [1.54, 1.807) is 30.3 Å². The number of amides is 2. The molecule has 0 saturated carbocycles. The van der Waals surface area contributed by atoms with Crippen molar-refractivity contribution in [1.29, 1.82) is 5.26 Å². The van der Waals surface area contributed by atoms with Gasteiger partial charge in [0.1, 0.15) is 12.2 Å². The molecule has 6 heteroatoms. The fourth-order valence-corrected chi connectivity index (χ4v) is 2.19. The van der Waals surface area contributed by atoms with Gasteiger partial charge in [-0.1, -0.05) is 18.2 Å². The van der Waals surface area contributed by atoms with Gasteiger partial charge < -0.3 is 15.4 Å². The zero-order valence-electron chi connectivity index (χ0n) is 14.8. The fraction of sp³-hybridized carbons (Fsp3) is 0.250. The second-order valence-corrected chi connectivity index (χ2v) is 5.89. The molecular formula is C20H21N3O3. The van der Waals surface area contributed by atoms with Crippen LogP contribution >= 0.6 is 0 Å². The Balaban J connectivity index is 1.80. The molecule has 6 nitrogen and oxygen atoms in total. The molecule has 0 radical (unpaired) electrons. The van der Waals surface area contributed by atoms with E-state index in [2.05, 4.69) is 10.6 Å². The molecule has 0 atom stereocenters. The summed E-state index contributed by atoms with van der Waals surface area (Å²) >= 11 is 0. The van der Waals surface area contributed by atoms with Crippen molar-refractivity contribution in [3.8, 4) is 11.8 Å². The lowest BCUT2D eigenvalue weighted by molar-refractivity contribution is -0.120. The van der Waals surface area contributed by atoms with Crippen molar-refractivity contribution < 1.29 is 14.3 Å². The van der Waals surface area contributed by atoms with Gasteiger partial charge in [-0.2, -0.15) is 5.26 Å². The highest BCUT2D eigenvalue weighted by molar-refractivity contribution is 5.91. The summed E-state index contributed by atoms with van der Waals surface area (Å²) in [6.45, 7) is 4.27. The second-order valence-electron chi connectivity index (χ2n) is 5.89. The minimum Gasteiger partial charge on any atom is -0.484 e. The molecule has 0 spiro atoms. The smallest absolute Gasteiger partial charge is 0.262 e. The van der Waals surface area contributed by atoms with E-state index in [1.165, 1.54) is 5.56 Å². The summed E-state index contributed by atoms with van der Waals surface area (Å²) in [6.07, 6.45) is -0.158. The van der Waals surface area contributed by atoms with Crippen molar-refractivity contribution in [2.24, 2.45) is 0 Å². The average Bonchev–Trinajstić information content (AvgIpc) is 2.62. The van der Waals surface area contributed by atoms with Crippen LogP contribution in [0, 0.1) is 25.2 Å². The van der Waals surface area contributed by atoms with Crippen molar-refractivity contribution in [1.82, 2.24) is 5.32 Å². The van der Waals surface area contributed by atoms with E-state index >= 15 is 0 Å². The van der Waals surface area contributed by atoms with Gasteiger partial charge in [0.2, 0.25) is 5.91 Å². The number of carbonyl (C=O) groups is 2. The van der Waals surface area contributed by atoms with Crippen LogP contribution in [0.4, 0.5) is 5.69 Å². The third kappa shape index (κ3) is 5.95. The maximum absolute atomic E-state index is 12.0. The van der Waals surface area contributed by atoms with Gasteiger partial charge in [0.25, 0.3) is 5.91 Å². The molecule has 0 aliphatic carbocycles. The van der Waals surface area contributed by atoms with Crippen LogP contribution in [0.2, 0.25) is 0 Å². The molecule has 0 bridgehead atoms. The normalized spacial score (nSPS) is 9.88. The zero-order chi connectivity index (χ0) is 18.9. The Morgan fingerprint density at radius 3 is 2.42 bits per heavy atom. The molecule has 0 saturated heterocycles. The van der Waals surface area contributed by atoms with Crippen LogP contribution in [0.3, 0.4) is 0 Å². The van der Waals surface area contributed by atoms with Crippen LogP contribution in [0.15, 0.2) is 42.5 Å². The number of aryl methyl sites for hydroxylation is 2. The van der Waals surface area contributed by atoms with Crippen molar-refractivity contribution >= 4 is 17.5 Å². The number of anilines is 1. The Hall–Kier alpha value is -3.33. The van der Waals surface area contributed by atoms with Gasteiger partial charge in [0.05, 0.1) is 6.07 Å². The topological polar surface area (TPSA) is 91.2 Å². The number of nitriles is 1. The molecule has 2 aromatic rings. The van der Waals surface area contributed by atoms with Crippen LogP contribution < -0.4 is 15.4 Å². The summed E-state index contributed by atoms with van der Waals surface area (Å²) in [7, 11) is 0. The SMILES string of the molecule is Cc1ccc(OCC(=O)Nc2ccc(CNC(=O)CC#N)cc2)cc1C. The van der Waals surface area contributed by atoms with Gasteiger partial charge in [-0.25, -0.2) is 0 Å². The fourth-order valence-electron chi connectivity index (χ4n) is 2.19. The molecule has 0 fully saturated rings. The Kier molecular flexibility index (Phi) is 6.75. The number of hydrogen-bond acceptors (Lipinski definition) is 4. The number of benzene rings is 2. The van der Waals surface area contributed by atoms with Crippen LogP contribution in [-0.4, -0.2) is 18.4 Å². The quantitative estimate of drug-likeness (QED) is 0.802. The minimum absolute atomic E-state index is 0.0749. The molecule has 0 aliphatic rings. The van der Waals surface area contributed by atoms with E-state index < -0.39 is 0 Å². The number of ether oxygens (including phenoxy) is 1. The lowest BCUT2D eigenvalue weighted by atomic mass is 10.1. The molecular weight excluding hydrogens is 330 g/mol. The lowest BCUT2D eigenvalue weighted by Crippen LogP contribution is -2.22. The van der Waals surface area contributed by atoms with Crippen LogP contribution in [0.1, 0.15) is 23.1 Å². The Morgan fingerprint density at radius 1 is 1.04 bits per heavy atom. The third-order valence-electron chi connectivity index (χ3n) is 3.82. The summed E-state index contributed by atoms with van der Waals surface area (Å²) in [5, 5.41) is 13.8. The summed E-state index contributed by atoms with van der Waals surface area (Å²) in [5.74, 6) is 0.0957. The van der Waals surface area contributed by atoms with Gasteiger partial charge in [-0.05, 0) is 54.8 Å². The summed E-state index contributed by atoms with van der Waals surface area (Å²) in [6, 6.07) is 14.6. The first-order valence-electron chi connectivity index (χ1n) is 8.20. The molecule has 0 aromatic heterocycles.